The number of aromatic nitrogens is 1. The van der Waals surface area contributed by atoms with Crippen LogP contribution in [0.5, 0.6) is 0 Å². The van der Waals surface area contributed by atoms with Crippen molar-refractivity contribution in [3.8, 4) is 11.3 Å². The summed E-state index contributed by atoms with van der Waals surface area (Å²) in [4.78, 5) is 5.92. The van der Waals surface area contributed by atoms with Gasteiger partial charge in [-0.05, 0) is 36.8 Å². The minimum atomic E-state index is -3.45. The van der Waals surface area contributed by atoms with E-state index in [1.807, 2.05) is 48.7 Å². The molecular weight excluding hydrogens is 406 g/mol. The van der Waals surface area contributed by atoms with Crippen molar-refractivity contribution in [2.45, 2.75) is 18.4 Å². The molecule has 2 aromatic carbocycles. The van der Waals surface area contributed by atoms with E-state index < -0.39 is 10.0 Å². The molecule has 0 saturated heterocycles. The molecule has 0 aliphatic heterocycles. The molecule has 1 heterocycles. The molecule has 0 spiro atoms. The number of hydrogen-bond donors (Lipinski definition) is 0. The van der Waals surface area contributed by atoms with E-state index in [-0.39, 0.29) is 4.90 Å². The molecule has 6 nitrogen and oxygen atoms in total. The van der Waals surface area contributed by atoms with Crippen LogP contribution < -0.4 is 4.80 Å². The zero-order chi connectivity index (χ0) is 21.0. The molecule has 0 amide bonds. The van der Waals surface area contributed by atoms with Crippen LogP contribution in [-0.4, -0.2) is 45.1 Å². The number of ether oxygens (including phenoxy) is 1. The maximum absolute atomic E-state index is 12.3. The predicted octanol–water partition coefficient (Wildman–Crippen LogP) is 3.65. The highest BCUT2D eigenvalue weighted by Crippen LogP contribution is 2.24. The predicted molar refractivity (Wildman–Crippen MR) is 117 cm³/mol. The second-order valence-corrected chi connectivity index (χ2v) is 9.80. The van der Waals surface area contributed by atoms with E-state index in [1.165, 1.54) is 24.0 Å². The second kappa shape index (κ2) is 9.04. The monoisotopic (exact) mass is 431 g/mol. The van der Waals surface area contributed by atoms with Gasteiger partial charge in [-0.2, -0.15) is 0 Å². The normalized spacial score (nSPS) is 12.7. The van der Waals surface area contributed by atoms with Crippen molar-refractivity contribution >= 4 is 27.0 Å². The summed E-state index contributed by atoms with van der Waals surface area (Å²) in [5.74, 6) is 0. The maximum atomic E-state index is 12.3. The van der Waals surface area contributed by atoms with Gasteiger partial charge in [0.25, 0.3) is 0 Å². The Labute approximate surface area is 175 Å². The van der Waals surface area contributed by atoms with E-state index in [4.69, 9.17) is 9.73 Å². The molecule has 0 fully saturated rings. The van der Waals surface area contributed by atoms with E-state index in [0.717, 1.165) is 21.7 Å². The Bertz CT molecular complexity index is 1130. The third kappa shape index (κ3) is 4.84. The van der Waals surface area contributed by atoms with Gasteiger partial charge in [-0.1, -0.05) is 29.8 Å². The molecule has 154 valence electrons. The van der Waals surface area contributed by atoms with Crippen LogP contribution in [0.3, 0.4) is 0 Å². The molecule has 1 aromatic heterocycles. The van der Waals surface area contributed by atoms with E-state index >= 15 is 0 Å². The summed E-state index contributed by atoms with van der Waals surface area (Å²) in [7, 11) is 1.28. The van der Waals surface area contributed by atoms with Crippen molar-refractivity contribution < 1.29 is 13.2 Å². The number of hydrogen-bond acceptors (Lipinski definition) is 5. The fraction of sp³-hybridized carbons (Fsp3) is 0.286. The van der Waals surface area contributed by atoms with Gasteiger partial charge >= 0.3 is 0 Å². The molecule has 0 atom stereocenters. The highest BCUT2D eigenvalue weighted by molar-refractivity contribution is 7.89. The molecule has 0 bridgehead atoms. The second-order valence-electron chi connectivity index (χ2n) is 6.81. The number of benzene rings is 2. The van der Waals surface area contributed by atoms with Gasteiger partial charge in [0.05, 0.1) is 22.9 Å². The van der Waals surface area contributed by atoms with Crippen LogP contribution in [0.15, 0.2) is 63.8 Å². The number of nitrogens with zero attached hydrogens (tertiary/aromatic N) is 3. The minimum Gasteiger partial charge on any atom is -0.383 e. The number of aryl methyl sites for hydroxylation is 1. The standard InChI is InChI=1S/C21H25N3O3S2/c1-16-5-9-18(10-6-16)22-21-24(13-14-27-4)20(15-28-21)17-7-11-19(12-8-17)29(25,26)23(2)3/h5-12,15H,13-14H2,1-4H3. The lowest BCUT2D eigenvalue weighted by Gasteiger charge is -2.12. The van der Waals surface area contributed by atoms with Crippen molar-refractivity contribution in [3.63, 3.8) is 0 Å². The maximum Gasteiger partial charge on any atom is 0.242 e. The lowest BCUT2D eigenvalue weighted by molar-refractivity contribution is 0.187. The Morgan fingerprint density at radius 2 is 1.72 bits per heavy atom. The lowest BCUT2D eigenvalue weighted by Crippen LogP contribution is -2.22. The lowest BCUT2D eigenvalue weighted by atomic mass is 10.2. The Morgan fingerprint density at radius 3 is 2.31 bits per heavy atom. The van der Waals surface area contributed by atoms with Crippen LogP contribution in [0.2, 0.25) is 0 Å². The number of sulfonamides is 1. The summed E-state index contributed by atoms with van der Waals surface area (Å²) in [5, 5.41) is 2.04. The summed E-state index contributed by atoms with van der Waals surface area (Å²) in [6, 6.07) is 15.0. The fourth-order valence-electron chi connectivity index (χ4n) is 2.79. The Kier molecular flexibility index (Phi) is 6.69. The molecular formula is C21H25N3O3S2. The van der Waals surface area contributed by atoms with Gasteiger partial charge in [0.2, 0.25) is 10.0 Å². The van der Waals surface area contributed by atoms with Gasteiger partial charge in [-0.3, -0.25) is 0 Å². The van der Waals surface area contributed by atoms with Gasteiger partial charge in [0, 0.05) is 33.1 Å². The summed E-state index contributed by atoms with van der Waals surface area (Å²) >= 11 is 1.55. The SMILES string of the molecule is COCCn1c(-c2ccc(S(=O)(=O)N(C)C)cc2)csc1=Nc1ccc(C)cc1. The summed E-state index contributed by atoms with van der Waals surface area (Å²) < 4.78 is 33.2. The summed E-state index contributed by atoms with van der Waals surface area (Å²) in [5.41, 5.74) is 3.99. The molecule has 0 aliphatic rings. The van der Waals surface area contributed by atoms with Crippen molar-refractivity contribution in [1.82, 2.24) is 8.87 Å². The smallest absolute Gasteiger partial charge is 0.242 e. The highest BCUT2D eigenvalue weighted by Gasteiger charge is 2.17. The average molecular weight is 432 g/mol. The first-order chi connectivity index (χ1) is 13.8. The van der Waals surface area contributed by atoms with Gasteiger partial charge in [-0.15, -0.1) is 11.3 Å². The molecule has 0 unspecified atom stereocenters. The first-order valence-corrected chi connectivity index (χ1v) is 11.5. The third-order valence-corrected chi connectivity index (χ3v) is 7.20. The summed E-state index contributed by atoms with van der Waals surface area (Å²) in [6.07, 6.45) is 0. The minimum absolute atomic E-state index is 0.273. The first-order valence-electron chi connectivity index (χ1n) is 9.14. The zero-order valence-corrected chi connectivity index (χ0v) is 18.6. The van der Waals surface area contributed by atoms with E-state index in [1.54, 1.807) is 30.6 Å². The molecule has 0 aliphatic carbocycles. The van der Waals surface area contributed by atoms with Crippen LogP contribution in [0.1, 0.15) is 5.56 Å². The Balaban J connectivity index is 2.03. The topological polar surface area (TPSA) is 63.9 Å². The fourth-order valence-corrected chi connectivity index (χ4v) is 4.64. The van der Waals surface area contributed by atoms with E-state index in [2.05, 4.69) is 4.57 Å². The van der Waals surface area contributed by atoms with Crippen LogP contribution >= 0.6 is 11.3 Å². The average Bonchev–Trinajstić information content (AvgIpc) is 3.10. The molecule has 29 heavy (non-hydrogen) atoms. The molecule has 8 heteroatoms. The number of methoxy groups -OCH3 is 1. The van der Waals surface area contributed by atoms with Gasteiger partial charge in [0.1, 0.15) is 0 Å². The molecule has 0 saturated carbocycles. The van der Waals surface area contributed by atoms with Crippen LogP contribution in [0, 0.1) is 6.92 Å². The van der Waals surface area contributed by atoms with Crippen molar-refractivity contribution in [2.75, 3.05) is 27.8 Å². The van der Waals surface area contributed by atoms with Gasteiger partial charge in [-0.25, -0.2) is 17.7 Å². The van der Waals surface area contributed by atoms with Crippen molar-refractivity contribution in [2.24, 2.45) is 4.99 Å². The van der Waals surface area contributed by atoms with E-state index in [9.17, 15) is 8.42 Å². The molecule has 3 rings (SSSR count). The molecule has 3 aromatic rings. The Morgan fingerprint density at radius 1 is 1.07 bits per heavy atom. The summed E-state index contributed by atoms with van der Waals surface area (Å²) in [6.45, 7) is 3.25. The van der Waals surface area contributed by atoms with Crippen LogP contribution in [0.4, 0.5) is 5.69 Å². The number of thiazole rings is 1. The van der Waals surface area contributed by atoms with Crippen LogP contribution in [-0.2, 0) is 21.3 Å². The highest BCUT2D eigenvalue weighted by atomic mass is 32.2. The molecule has 0 N–H and O–H groups in total. The van der Waals surface area contributed by atoms with Crippen molar-refractivity contribution in [3.05, 3.63) is 64.3 Å². The Hall–Kier alpha value is -2.26. The van der Waals surface area contributed by atoms with Gasteiger partial charge < -0.3 is 9.30 Å². The van der Waals surface area contributed by atoms with Crippen molar-refractivity contribution in [1.29, 1.82) is 0 Å². The third-order valence-electron chi connectivity index (χ3n) is 4.50. The zero-order valence-electron chi connectivity index (χ0n) is 17.0. The van der Waals surface area contributed by atoms with Gasteiger partial charge in [0.15, 0.2) is 4.80 Å². The first kappa shape index (κ1) is 21.4. The number of rotatable bonds is 7. The van der Waals surface area contributed by atoms with Crippen LogP contribution in [0.25, 0.3) is 11.3 Å². The quantitative estimate of drug-likeness (QED) is 0.574. The largest absolute Gasteiger partial charge is 0.383 e. The van der Waals surface area contributed by atoms with E-state index in [0.29, 0.717) is 13.2 Å². The molecule has 0 radical (unpaired) electrons.